The van der Waals surface area contributed by atoms with Gasteiger partial charge in [-0.3, -0.25) is 10.1 Å². The Hall–Kier alpha value is -1.66. The number of nitrogens with two attached hydrogens (primary N) is 1. The average Bonchev–Trinajstić information content (AvgIpc) is 2.95. The lowest BCUT2D eigenvalue weighted by molar-refractivity contribution is 1.11. The monoisotopic (exact) mass is 334 g/mol. The Balaban J connectivity index is 2.19. The van der Waals surface area contributed by atoms with Crippen LogP contribution in [-0.2, 0) is 0 Å². The van der Waals surface area contributed by atoms with Crippen molar-refractivity contribution in [2.75, 3.05) is 5.73 Å². The molecular formula is C13H11BrN4S. The summed E-state index contributed by atoms with van der Waals surface area (Å²) < 4.78 is 1.12. The lowest BCUT2D eigenvalue weighted by atomic mass is 10.1. The quantitative estimate of drug-likeness (QED) is 0.747. The van der Waals surface area contributed by atoms with Crippen LogP contribution in [0.1, 0.15) is 5.56 Å². The number of thiophene rings is 1. The van der Waals surface area contributed by atoms with Gasteiger partial charge in [0.1, 0.15) is 0 Å². The molecule has 0 saturated carbocycles. The number of pyridine rings is 1. The van der Waals surface area contributed by atoms with Gasteiger partial charge in [0.25, 0.3) is 0 Å². The zero-order valence-electron chi connectivity index (χ0n) is 10.1. The minimum absolute atomic E-state index is 0.491. The van der Waals surface area contributed by atoms with Crippen LogP contribution in [-0.4, -0.2) is 15.2 Å². The summed E-state index contributed by atoms with van der Waals surface area (Å²) in [7, 11) is 0. The first kappa shape index (κ1) is 12.4. The van der Waals surface area contributed by atoms with Crippen molar-refractivity contribution < 1.29 is 0 Å². The van der Waals surface area contributed by atoms with Crippen LogP contribution in [0.15, 0.2) is 34.4 Å². The van der Waals surface area contributed by atoms with E-state index < -0.39 is 0 Å². The maximum absolute atomic E-state index is 5.98. The molecule has 0 aliphatic heterocycles. The van der Waals surface area contributed by atoms with E-state index in [0.717, 1.165) is 25.5 Å². The minimum Gasteiger partial charge on any atom is -0.382 e. The summed E-state index contributed by atoms with van der Waals surface area (Å²) >= 11 is 5.20. The molecule has 0 aromatic carbocycles. The van der Waals surface area contributed by atoms with E-state index in [1.807, 2.05) is 12.1 Å². The van der Waals surface area contributed by atoms with Crippen LogP contribution in [0.4, 0.5) is 5.82 Å². The van der Waals surface area contributed by atoms with Gasteiger partial charge < -0.3 is 5.73 Å². The van der Waals surface area contributed by atoms with Crippen molar-refractivity contribution in [3.63, 3.8) is 0 Å². The van der Waals surface area contributed by atoms with Gasteiger partial charge in [-0.25, -0.2) is 0 Å². The highest BCUT2D eigenvalue weighted by atomic mass is 79.9. The van der Waals surface area contributed by atoms with Crippen molar-refractivity contribution in [1.82, 2.24) is 15.2 Å². The maximum Gasteiger partial charge on any atom is 0.153 e. The Kier molecular flexibility index (Phi) is 3.12. The second-order valence-electron chi connectivity index (χ2n) is 4.17. The number of nitrogen functional groups attached to an aromatic ring is 1. The van der Waals surface area contributed by atoms with Gasteiger partial charge in [-0.05, 0) is 40.5 Å². The SMILES string of the molecule is Cc1cc(-c2[nH]nc(N)c2-c2cccnc2)sc1Br. The number of rotatable bonds is 2. The zero-order valence-corrected chi connectivity index (χ0v) is 12.5. The number of nitrogens with zero attached hydrogens (tertiary/aromatic N) is 2. The fourth-order valence-corrected chi connectivity index (χ4v) is 3.46. The number of aryl methyl sites for hydroxylation is 1. The topological polar surface area (TPSA) is 67.6 Å². The number of hydrogen-bond acceptors (Lipinski definition) is 4. The summed E-state index contributed by atoms with van der Waals surface area (Å²) in [5.41, 5.74) is 9.98. The molecular weight excluding hydrogens is 324 g/mol. The first-order valence-corrected chi connectivity index (χ1v) is 7.28. The molecule has 6 heteroatoms. The molecule has 3 heterocycles. The standard InChI is InChI=1S/C13H11BrN4S/c1-7-5-9(19-12(7)14)11-10(13(15)18-17-11)8-3-2-4-16-6-8/h2-6H,1H3,(H3,15,17,18). The smallest absolute Gasteiger partial charge is 0.153 e. The molecule has 3 aromatic rings. The summed E-state index contributed by atoms with van der Waals surface area (Å²) in [5, 5.41) is 7.14. The summed E-state index contributed by atoms with van der Waals surface area (Å²) in [6.45, 7) is 2.06. The fourth-order valence-electron chi connectivity index (χ4n) is 1.92. The summed E-state index contributed by atoms with van der Waals surface area (Å²) in [4.78, 5) is 5.24. The lowest BCUT2D eigenvalue weighted by Gasteiger charge is -2.01. The van der Waals surface area contributed by atoms with E-state index >= 15 is 0 Å². The molecule has 3 N–H and O–H groups in total. The van der Waals surface area contributed by atoms with E-state index in [1.54, 1.807) is 23.7 Å². The fraction of sp³-hybridized carbons (Fsp3) is 0.0769. The van der Waals surface area contributed by atoms with Crippen molar-refractivity contribution in [3.8, 4) is 21.7 Å². The van der Waals surface area contributed by atoms with Crippen molar-refractivity contribution in [2.24, 2.45) is 0 Å². The predicted octanol–water partition coefficient (Wildman–Crippen LogP) is 3.85. The molecule has 0 amide bonds. The van der Waals surface area contributed by atoms with Gasteiger partial charge in [0.15, 0.2) is 5.82 Å². The Morgan fingerprint density at radius 2 is 2.26 bits per heavy atom. The van der Waals surface area contributed by atoms with Gasteiger partial charge in [-0.1, -0.05) is 6.07 Å². The number of halogens is 1. The van der Waals surface area contributed by atoms with Gasteiger partial charge in [0, 0.05) is 18.0 Å². The number of aromatic amines is 1. The van der Waals surface area contributed by atoms with E-state index in [1.165, 1.54) is 5.56 Å². The molecule has 3 aromatic heterocycles. The average molecular weight is 335 g/mol. The summed E-state index contributed by atoms with van der Waals surface area (Å²) in [5.74, 6) is 0.491. The van der Waals surface area contributed by atoms with Gasteiger partial charge in [-0.2, -0.15) is 5.10 Å². The van der Waals surface area contributed by atoms with Gasteiger partial charge >= 0.3 is 0 Å². The second-order valence-corrected chi connectivity index (χ2v) is 6.54. The molecule has 0 bridgehead atoms. The number of H-pyrrole nitrogens is 1. The third-order valence-corrected chi connectivity index (χ3v) is 5.00. The molecule has 0 aliphatic rings. The molecule has 3 rings (SSSR count). The first-order valence-electron chi connectivity index (χ1n) is 5.67. The van der Waals surface area contributed by atoms with E-state index in [4.69, 9.17) is 5.73 Å². The largest absolute Gasteiger partial charge is 0.382 e. The van der Waals surface area contributed by atoms with Crippen LogP contribution < -0.4 is 5.73 Å². The van der Waals surface area contributed by atoms with Crippen LogP contribution in [0.25, 0.3) is 21.7 Å². The first-order chi connectivity index (χ1) is 9.16. The number of hydrogen-bond donors (Lipinski definition) is 2. The predicted molar refractivity (Wildman–Crippen MR) is 82.0 cm³/mol. The molecule has 19 heavy (non-hydrogen) atoms. The molecule has 0 atom stereocenters. The Morgan fingerprint density at radius 1 is 1.42 bits per heavy atom. The normalized spacial score (nSPS) is 10.8. The van der Waals surface area contributed by atoms with Gasteiger partial charge in [0.2, 0.25) is 0 Å². The Labute approximate surface area is 122 Å². The van der Waals surface area contributed by atoms with Gasteiger partial charge in [-0.15, -0.1) is 11.3 Å². The highest BCUT2D eigenvalue weighted by Gasteiger charge is 2.17. The highest BCUT2D eigenvalue weighted by molar-refractivity contribution is 9.11. The minimum atomic E-state index is 0.491. The molecule has 4 nitrogen and oxygen atoms in total. The van der Waals surface area contributed by atoms with Crippen molar-refractivity contribution >= 4 is 33.1 Å². The Morgan fingerprint density at radius 3 is 2.89 bits per heavy atom. The van der Waals surface area contributed by atoms with Crippen LogP contribution in [0, 0.1) is 6.92 Å². The zero-order chi connectivity index (χ0) is 13.4. The second kappa shape index (κ2) is 4.79. The van der Waals surface area contributed by atoms with E-state index in [0.29, 0.717) is 5.82 Å². The molecule has 96 valence electrons. The maximum atomic E-state index is 5.98. The number of anilines is 1. The number of nitrogens with one attached hydrogen (secondary N) is 1. The molecule has 0 saturated heterocycles. The molecule has 0 aliphatic carbocycles. The van der Waals surface area contributed by atoms with Crippen molar-refractivity contribution in [3.05, 3.63) is 39.9 Å². The van der Waals surface area contributed by atoms with Gasteiger partial charge in [0.05, 0.1) is 19.9 Å². The third kappa shape index (κ3) is 2.17. The summed E-state index contributed by atoms with van der Waals surface area (Å²) in [6, 6.07) is 5.98. The van der Waals surface area contributed by atoms with Crippen LogP contribution >= 0.6 is 27.3 Å². The third-order valence-electron chi connectivity index (χ3n) is 2.85. The van der Waals surface area contributed by atoms with Crippen molar-refractivity contribution in [1.29, 1.82) is 0 Å². The molecule has 0 spiro atoms. The summed E-state index contributed by atoms with van der Waals surface area (Å²) in [6.07, 6.45) is 3.53. The lowest BCUT2D eigenvalue weighted by Crippen LogP contribution is -1.88. The molecule has 0 radical (unpaired) electrons. The highest BCUT2D eigenvalue weighted by Crippen LogP contribution is 2.40. The van der Waals surface area contributed by atoms with Crippen molar-refractivity contribution in [2.45, 2.75) is 6.92 Å². The molecule has 0 fully saturated rings. The van der Waals surface area contributed by atoms with Crippen LogP contribution in [0.5, 0.6) is 0 Å². The molecule has 0 unspecified atom stereocenters. The van der Waals surface area contributed by atoms with Crippen LogP contribution in [0.2, 0.25) is 0 Å². The number of aromatic nitrogens is 3. The van der Waals surface area contributed by atoms with Crippen LogP contribution in [0.3, 0.4) is 0 Å². The van der Waals surface area contributed by atoms with E-state index in [9.17, 15) is 0 Å². The van der Waals surface area contributed by atoms with E-state index in [2.05, 4.69) is 44.1 Å². The van der Waals surface area contributed by atoms with E-state index in [-0.39, 0.29) is 0 Å². The Bertz CT molecular complexity index is 698.